The normalized spacial score (nSPS) is 31.7. The molecule has 1 aromatic carbocycles. The number of hydrogen-bond acceptors (Lipinski definition) is 12. The molecule has 0 unspecified atom stereocenters. The number of rotatable bonds is 6. The van der Waals surface area contributed by atoms with Crippen molar-refractivity contribution < 1.29 is 44.3 Å². The smallest absolute Gasteiger partial charge is 0.307 e. The van der Waals surface area contributed by atoms with Crippen LogP contribution in [0.15, 0.2) is 40.9 Å². The van der Waals surface area contributed by atoms with Gasteiger partial charge in [-0.05, 0) is 31.6 Å². The number of benzene rings is 1. The van der Waals surface area contributed by atoms with E-state index in [2.05, 4.69) is 4.90 Å². The van der Waals surface area contributed by atoms with Gasteiger partial charge in [0.15, 0.2) is 11.4 Å². The third kappa shape index (κ3) is 4.33. The Morgan fingerprint density at radius 2 is 1.93 bits per heavy atom. The number of phenols is 1. The van der Waals surface area contributed by atoms with Gasteiger partial charge in [-0.2, -0.15) is 0 Å². The molecule has 13 heteroatoms. The predicted octanol–water partition coefficient (Wildman–Crippen LogP) is 0.600. The number of carbonyl (C=O) groups is 4. The summed E-state index contributed by atoms with van der Waals surface area (Å²) in [5.74, 6) is -7.92. The maximum atomic E-state index is 13.9. The Morgan fingerprint density at radius 3 is 2.54 bits per heavy atom. The van der Waals surface area contributed by atoms with Crippen LogP contribution in [0.1, 0.15) is 35.2 Å². The van der Waals surface area contributed by atoms with Crippen molar-refractivity contribution in [1.82, 2.24) is 9.80 Å². The minimum atomic E-state index is -2.95. The van der Waals surface area contributed by atoms with Crippen LogP contribution in [0, 0.1) is 11.8 Å². The van der Waals surface area contributed by atoms with Crippen molar-refractivity contribution in [3.8, 4) is 5.75 Å². The van der Waals surface area contributed by atoms with Crippen molar-refractivity contribution >= 4 is 35.2 Å². The first-order valence-electron chi connectivity index (χ1n) is 13.3. The van der Waals surface area contributed by atoms with Crippen LogP contribution in [0.2, 0.25) is 0 Å². The van der Waals surface area contributed by atoms with Crippen molar-refractivity contribution in [2.75, 3.05) is 38.8 Å². The standard InChI is InChI=1S/C28H33N3O9S/c1-12-13-5-4-6-14(32)17(13)22(34)18-16(12)24(40-15(33)7-8-31-9-10-41-11-31)20-21(30(2)3)23(35)19(27(29)38)26(37)28(20,39)25(18)36/h4-6,12,16,20-21,24,32,35-36,39H,7-11H2,1-3H3,(H2,29,38)/t12-,16+,20+,21-,24-,28-/m0/s1. The van der Waals surface area contributed by atoms with Crippen molar-refractivity contribution in [3.05, 3.63) is 52.0 Å². The number of Topliss-reactive ketones (excluding diaryl/α,β-unsaturated/α-hetero) is 2. The van der Waals surface area contributed by atoms with E-state index in [4.69, 9.17) is 10.5 Å². The third-order valence-corrected chi connectivity index (χ3v) is 9.71. The van der Waals surface area contributed by atoms with Gasteiger partial charge in [0.1, 0.15) is 28.9 Å². The second kappa shape index (κ2) is 10.5. The van der Waals surface area contributed by atoms with E-state index in [-0.39, 0.29) is 17.7 Å². The number of ether oxygens (including phenoxy) is 1. The van der Waals surface area contributed by atoms with Crippen molar-refractivity contribution in [2.24, 2.45) is 17.6 Å². The molecule has 0 spiro atoms. The second-order valence-corrected chi connectivity index (χ2v) is 12.2. The van der Waals surface area contributed by atoms with E-state index in [0.717, 1.165) is 18.2 Å². The van der Waals surface area contributed by atoms with Gasteiger partial charge < -0.3 is 30.9 Å². The SMILES string of the molecule is C[C@H]1c2cccc(O)c2C(=O)C2=C(O)[C@]3(O)C(=O)C(C(N)=O)=C(O)[C@@H](N(C)C)[C@@H]3[C@@H](OC(=O)CCN3CCSC3)[C@@H]21. The summed E-state index contributed by atoms with van der Waals surface area (Å²) in [6, 6.07) is 3.18. The lowest BCUT2D eigenvalue weighted by Crippen LogP contribution is -2.69. The molecular weight excluding hydrogens is 554 g/mol. The molecule has 41 heavy (non-hydrogen) atoms. The lowest BCUT2D eigenvalue weighted by Gasteiger charge is -2.54. The maximum Gasteiger partial charge on any atom is 0.307 e. The maximum absolute atomic E-state index is 13.9. The summed E-state index contributed by atoms with van der Waals surface area (Å²) in [4.78, 5) is 56.7. The Balaban J connectivity index is 1.71. The quantitative estimate of drug-likeness (QED) is 0.230. The fourth-order valence-corrected chi connectivity index (χ4v) is 7.82. The van der Waals surface area contributed by atoms with Crippen LogP contribution >= 0.6 is 11.8 Å². The predicted molar refractivity (Wildman–Crippen MR) is 147 cm³/mol. The van der Waals surface area contributed by atoms with E-state index < -0.39 is 81.6 Å². The highest BCUT2D eigenvalue weighted by Crippen LogP contribution is 2.56. The minimum Gasteiger partial charge on any atom is -0.510 e. The van der Waals surface area contributed by atoms with Crippen molar-refractivity contribution in [3.63, 3.8) is 0 Å². The number of nitrogens with zero attached hydrogens (tertiary/aromatic N) is 2. The molecule has 6 atom stereocenters. The molecule has 1 aliphatic heterocycles. The highest BCUT2D eigenvalue weighted by atomic mass is 32.2. The first-order valence-corrected chi connectivity index (χ1v) is 14.4. The molecule has 220 valence electrons. The zero-order chi connectivity index (χ0) is 30.0. The van der Waals surface area contributed by atoms with Crippen LogP contribution < -0.4 is 5.73 Å². The second-order valence-electron chi connectivity index (χ2n) is 11.2. The van der Waals surface area contributed by atoms with Crippen LogP contribution in [0.5, 0.6) is 5.75 Å². The summed E-state index contributed by atoms with van der Waals surface area (Å²) < 4.78 is 6.02. The number of carbonyl (C=O) groups excluding carboxylic acids is 4. The van der Waals surface area contributed by atoms with Crippen LogP contribution in [0.3, 0.4) is 0 Å². The van der Waals surface area contributed by atoms with E-state index in [1.807, 2.05) is 0 Å². The Morgan fingerprint density at radius 1 is 1.22 bits per heavy atom. The Bertz CT molecular complexity index is 1400. The van der Waals surface area contributed by atoms with Crippen LogP contribution in [-0.2, 0) is 19.1 Å². The van der Waals surface area contributed by atoms with Gasteiger partial charge >= 0.3 is 5.97 Å². The molecule has 5 rings (SSSR count). The number of aromatic hydroxyl groups is 1. The van der Waals surface area contributed by atoms with E-state index >= 15 is 0 Å². The summed E-state index contributed by atoms with van der Waals surface area (Å²) in [5.41, 5.74) is 1.45. The van der Waals surface area contributed by atoms with Crippen LogP contribution in [0.4, 0.5) is 0 Å². The van der Waals surface area contributed by atoms with Crippen molar-refractivity contribution in [2.45, 2.75) is 37.0 Å². The van der Waals surface area contributed by atoms with Gasteiger partial charge in [-0.1, -0.05) is 19.1 Å². The molecule has 3 aliphatic carbocycles. The van der Waals surface area contributed by atoms with Gasteiger partial charge in [0.05, 0.1) is 23.9 Å². The van der Waals surface area contributed by atoms with Gasteiger partial charge in [0.25, 0.3) is 5.91 Å². The summed E-state index contributed by atoms with van der Waals surface area (Å²) >= 11 is 1.74. The highest BCUT2D eigenvalue weighted by Gasteiger charge is 2.68. The van der Waals surface area contributed by atoms with Crippen LogP contribution in [0.25, 0.3) is 0 Å². The summed E-state index contributed by atoms with van der Waals surface area (Å²) in [6.07, 6.45) is -1.43. The molecule has 1 heterocycles. The van der Waals surface area contributed by atoms with Gasteiger partial charge in [0.2, 0.25) is 5.78 Å². The van der Waals surface area contributed by atoms with Gasteiger partial charge in [0, 0.05) is 36.2 Å². The Kier molecular flexibility index (Phi) is 7.43. The summed E-state index contributed by atoms with van der Waals surface area (Å²) in [7, 11) is 3.03. The largest absolute Gasteiger partial charge is 0.510 e. The summed E-state index contributed by atoms with van der Waals surface area (Å²) in [6.45, 7) is 2.93. The number of esters is 1. The molecule has 0 saturated carbocycles. The number of aliphatic hydroxyl groups is 3. The Hall–Kier alpha value is -3.39. The average Bonchev–Trinajstić information content (AvgIpc) is 3.42. The number of fused-ring (bicyclic) bond motifs is 3. The van der Waals surface area contributed by atoms with Gasteiger partial charge in [-0.15, -0.1) is 11.8 Å². The molecule has 12 nitrogen and oxygen atoms in total. The number of nitrogens with two attached hydrogens (primary N) is 1. The third-order valence-electron chi connectivity index (χ3n) is 8.69. The Labute approximate surface area is 240 Å². The number of primary amides is 1. The number of hydrogen-bond donors (Lipinski definition) is 5. The fourth-order valence-electron chi connectivity index (χ4n) is 6.78. The molecule has 4 aliphatic rings. The monoisotopic (exact) mass is 587 g/mol. The number of ketones is 2. The molecule has 1 aromatic rings. The molecular formula is C28H33N3O9S. The molecule has 1 fully saturated rings. The van der Waals surface area contributed by atoms with Gasteiger partial charge in [-0.3, -0.25) is 29.0 Å². The molecule has 0 bridgehead atoms. The average molecular weight is 588 g/mol. The van der Waals surface area contributed by atoms with E-state index in [1.54, 1.807) is 30.8 Å². The molecule has 1 amide bonds. The van der Waals surface area contributed by atoms with E-state index in [9.17, 15) is 39.6 Å². The van der Waals surface area contributed by atoms with E-state index in [1.165, 1.54) is 25.1 Å². The first kappa shape index (κ1) is 29.1. The molecule has 6 N–H and O–H groups in total. The zero-order valence-corrected chi connectivity index (χ0v) is 23.7. The highest BCUT2D eigenvalue weighted by molar-refractivity contribution is 7.99. The topological polar surface area (TPSA) is 191 Å². The molecule has 1 saturated heterocycles. The number of aliphatic hydroxyl groups excluding tert-OH is 2. The lowest BCUT2D eigenvalue weighted by atomic mass is 9.55. The first-order chi connectivity index (χ1) is 19.3. The number of amides is 1. The van der Waals surface area contributed by atoms with Crippen molar-refractivity contribution in [1.29, 1.82) is 0 Å². The fraction of sp³-hybridized carbons (Fsp3) is 0.500. The number of likely N-dealkylation sites (N-methyl/N-ethyl adjacent to an activating group) is 1. The number of phenolic OH excluding ortho intramolecular Hbond substituents is 1. The lowest BCUT2D eigenvalue weighted by molar-refractivity contribution is -0.181. The summed E-state index contributed by atoms with van der Waals surface area (Å²) in [5, 5.41) is 45.4. The van der Waals surface area contributed by atoms with Crippen LogP contribution in [-0.4, -0.2) is 110 Å². The van der Waals surface area contributed by atoms with Gasteiger partial charge in [-0.25, -0.2) is 0 Å². The van der Waals surface area contributed by atoms with E-state index in [0.29, 0.717) is 12.1 Å². The molecule has 0 radical (unpaired) electrons. The zero-order valence-electron chi connectivity index (χ0n) is 22.9. The number of thioether (sulfide) groups is 1. The minimum absolute atomic E-state index is 0.0193. The molecule has 0 aromatic heterocycles.